The van der Waals surface area contributed by atoms with E-state index in [1.807, 2.05) is 0 Å². The summed E-state index contributed by atoms with van der Waals surface area (Å²) in [7, 11) is 0. The predicted molar refractivity (Wildman–Crippen MR) is 2.75 cm³/mol. The summed E-state index contributed by atoms with van der Waals surface area (Å²) in [5.41, 5.74) is 0. The Balaban J connectivity index is 0. The van der Waals surface area contributed by atoms with Crippen LogP contribution in [0.1, 0.15) is 0 Å². The van der Waals surface area contributed by atoms with Crippen LogP contribution in [0.5, 0.6) is 0 Å². The Kier molecular flexibility index (Phi) is 3670. The van der Waals surface area contributed by atoms with Crippen molar-refractivity contribution in [2.24, 2.45) is 0 Å². The van der Waals surface area contributed by atoms with Crippen LogP contribution in [0.3, 0.4) is 0 Å². The standard InChI is InChI=1S/Cu.Fe.Ni.4O.Zn/q3*+2;4*-2;+2. The van der Waals surface area contributed by atoms with Gasteiger partial charge in [0.15, 0.2) is 0 Å². The molecule has 0 saturated carbocycles. The molecule has 0 aromatic heterocycles. The Bertz CT molecular complexity index is 16.0. The van der Waals surface area contributed by atoms with Crippen molar-refractivity contribution < 1.29 is 92.0 Å². The Morgan fingerprint density at radius 2 is 0.625 bits per heavy atom. The van der Waals surface area contributed by atoms with Crippen molar-refractivity contribution in [3.8, 4) is 0 Å². The largest absolute Gasteiger partial charge is 2.00 e. The van der Waals surface area contributed by atoms with Crippen LogP contribution >= 0.6 is 0 Å². The fourth-order valence-electron chi connectivity index (χ4n) is 0. The molecule has 0 atom stereocenters. The zero-order chi connectivity index (χ0) is 0. The molecule has 0 aromatic rings. The molecule has 0 bridgehead atoms. The minimum atomic E-state index is 0. The second-order valence-electron chi connectivity index (χ2n) is 0. The fraction of sp³-hybridized carbons (Fsp3) is 0. The molecule has 0 N–H and O–H groups in total. The van der Waals surface area contributed by atoms with E-state index < -0.39 is 0 Å². The molecule has 0 saturated heterocycles. The molecule has 0 aliphatic heterocycles. The van der Waals surface area contributed by atoms with Gasteiger partial charge in [0.25, 0.3) is 0 Å². The van der Waals surface area contributed by atoms with E-state index in [1.165, 1.54) is 0 Å². The monoisotopic (exact) mass is 305 g/mol. The number of rotatable bonds is 0. The second-order valence-corrected chi connectivity index (χ2v) is 0. The van der Waals surface area contributed by atoms with Crippen molar-refractivity contribution >= 4 is 0 Å². The van der Waals surface area contributed by atoms with Gasteiger partial charge in [-0.3, -0.25) is 0 Å². The first-order chi connectivity index (χ1) is 0. The van der Waals surface area contributed by atoms with Gasteiger partial charge >= 0.3 is 70.1 Å². The molecule has 0 aromatic carbocycles. The van der Waals surface area contributed by atoms with Crippen LogP contribution in [0.15, 0.2) is 0 Å². The van der Waals surface area contributed by atoms with E-state index in [0.717, 1.165) is 0 Å². The molecule has 0 amide bonds. The van der Waals surface area contributed by atoms with Gasteiger partial charge in [0.05, 0.1) is 0 Å². The average molecular weight is 307 g/mol. The number of hydrogen-bond acceptors (Lipinski definition) is 0. The molecule has 0 rings (SSSR count). The molecule has 0 aliphatic carbocycles. The van der Waals surface area contributed by atoms with Crippen molar-refractivity contribution in [3.05, 3.63) is 0 Å². The van der Waals surface area contributed by atoms with Crippen LogP contribution in [-0.4, -0.2) is 0 Å². The van der Waals surface area contributed by atoms with Crippen LogP contribution in [0, 0.1) is 0 Å². The maximum atomic E-state index is 0. The van der Waals surface area contributed by atoms with Gasteiger partial charge in [-0.15, -0.1) is 0 Å². The topological polar surface area (TPSA) is 114 Å². The molecular formula is CuFeNiO4Zn. The maximum Gasteiger partial charge on any atom is 2.00 e. The summed E-state index contributed by atoms with van der Waals surface area (Å²) < 4.78 is 0. The quantitative estimate of drug-likeness (QED) is 0.538. The normalized spacial score (nSPS) is 0. The van der Waals surface area contributed by atoms with E-state index in [2.05, 4.69) is 0 Å². The molecule has 1 radical (unpaired) electrons. The van der Waals surface area contributed by atoms with Crippen molar-refractivity contribution in [2.45, 2.75) is 0 Å². The molecule has 0 aliphatic rings. The predicted octanol–water partition coefficient (Wildman–Crippen LogP) is -0.485. The summed E-state index contributed by atoms with van der Waals surface area (Å²) in [6, 6.07) is 0. The van der Waals surface area contributed by atoms with E-state index in [9.17, 15) is 0 Å². The third-order valence-electron chi connectivity index (χ3n) is 0. The van der Waals surface area contributed by atoms with E-state index in [-0.39, 0.29) is 92.0 Å². The zero-order valence-electron chi connectivity index (χ0n) is 3.31. The van der Waals surface area contributed by atoms with Gasteiger partial charge in [-0.25, -0.2) is 0 Å². The van der Waals surface area contributed by atoms with Crippen LogP contribution < -0.4 is 0 Å². The summed E-state index contributed by atoms with van der Waals surface area (Å²) in [5.74, 6) is 0. The summed E-state index contributed by atoms with van der Waals surface area (Å²) >= 11 is 0. The van der Waals surface area contributed by atoms with Gasteiger partial charge in [0, 0.05) is 0 Å². The summed E-state index contributed by atoms with van der Waals surface area (Å²) in [6.45, 7) is 0. The zero-order valence-corrected chi connectivity index (χ0v) is 9.31. The third-order valence-corrected chi connectivity index (χ3v) is 0. The molecule has 0 fully saturated rings. The minimum Gasteiger partial charge on any atom is -2.00 e. The van der Waals surface area contributed by atoms with Gasteiger partial charge in [-0.1, -0.05) is 0 Å². The Morgan fingerprint density at radius 3 is 0.625 bits per heavy atom. The molecule has 8 heavy (non-hydrogen) atoms. The number of hydrogen-bond donors (Lipinski definition) is 0. The van der Waals surface area contributed by atoms with E-state index in [1.54, 1.807) is 0 Å². The van der Waals surface area contributed by atoms with Crippen LogP contribution in [-0.2, 0) is 92.0 Å². The van der Waals surface area contributed by atoms with Crippen molar-refractivity contribution in [2.75, 3.05) is 0 Å². The summed E-state index contributed by atoms with van der Waals surface area (Å²) in [4.78, 5) is 0. The second kappa shape index (κ2) is 144. The van der Waals surface area contributed by atoms with Gasteiger partial charge in [0.1, 0.15) is 0 Å². The smallest absolute Gasteiger partial charge is 2.00 e. The van der Waals surface area contributed by atoms with Crippen molar-refractivity contribution in [3.63, 3.8) is 0 Å². The van der Waals surface area contributed by atoms with E-state index >= 15 is 0 Å². The summed E-state index contributed by atoms with van der Waals surface area (Å²) in [5, 5.41) is 0. The first kappa shape index (κ1) is 203. The molecule has 0 unspecified atom stereocenters. The third kappa shape index (κ3) is 98.2. The molecule has 55 valence electrons. The Labute approximate surface area is 91.4 Å². The minimum absolute atomic E-state index is 0. The Morgan fingerprint density at radius 1 is 0.625 bits per heavy atom. The molecule has 0 spiro atoms. The van der Waals surface area contributed by atoms with Gasteiger partial charge in [0.2, 0.25) is 0 Å². The maximum absolute atomic E-state index is 0. The van der Waals surface area contributed by atoms with E-state index in [0.29, 0.717) is 0 Å². The SMILES string of the molecule is [Cu+2].[Fe+2].[Ni+2].[O-2].[O-2].[O-2].[O-2].[Zn+2]. The van der Waals surface area contributed by atoms with Crippen LogP contribution in [0.25, 0.3) is 0 Å². The van der Waals surface area contributed by atoms with Gasteiger partial charge < -0.3 is 21.9 Å². The molecule has 4 nitrogen and oxygen atoms in total. The molecule has 0 heterocycles. The van der Waals surface area contributed by atoms with Crippen molar-refractivity contribution in [1.82, 2.24) is 0 Å². The van der Waals surface area contributed by atoms with Crippen molar-refractivity contribution in [1.29, 1.82) is 0 Å². The first-order valence-electron chi connectivity index (χ1n) is 0. The average Bonchev–Trinajstić information content (AvgIpc) is 0. The molecule has 8 heteroatoms. The van der Waals surface area contributed by atoms with Crippen LogP contribution in [0.2, 0.25) is 0 Å². The Hall–Kier alpha value is 2.00. The molecular weight excluding hydrogens is 307 g/mol. The fourth-order valence-corrected chi connectivity index (χ4v) is 0. The van der Waals surface area contributed by atoms with Crippen LogP contribution in [0.4, 0.5) is 0 Å². The van der Waals surface area contributed by atoms with Gasteiger partial charge in [-0.2, -0.15) is 0 Å². The van der Waals surface area contributed by atoms with Gasteiger partial charge in [-0.05, 0) is 0 Å². The summed E-state index contributed by atoms with van der Waals surface area (Å²) in [6.07, 6.45) is 0. The first-order valence-corrected chi connectivity index (χ1v) is 0. The van der Waals surface area contributed by atoms with E-state index in [4.69, 9.17) is 0 Å².